The molecule has 94 valence electrons. The Labute approximate surface area is 114 Å². The fraction of sp³-hybridized carbons (Fsp3) is 0.467. The minimum atomic E-state index is 0.195. The van der Waals surface area contributed by atoms with Crippen molar-refractivity contribution in [2.75, 3.05) is 0 Å². The number of halogens is 1. The molecule has 0 unspecified atom stereocenters. The number of hydrogen-bond acceptors (Lipinski definition) is 2. The van der Waals surface area contributed by atoms with E-state index in [1.165, 1.54) is 0 Å². The third kappa shape index (κ3) is 2.66. The molecular weight excluding hydrogens is 244 g/mol. The summed E-state index contributed by atoms with van der Waals surface area (Å²) in [7, 11) is 0. The lowest BCUT2D eigenvalue weighted by Gasteiger charge is -2.19. The molecule has 0 aliphatic carbocycles. The summed E-state index contributed by atoms with van der Waals surface area (Å²) >= 11 is 6.26. The van der Waals surface area contributed by atoms with Crippen molar-refractivity contribution in [3.63, 3.8) is 0 Å². The van der Waals surface area contributed by atoms with Crippen LogP contribution in [0.5, 0.6) is 0 Å². The van der Waals surface area contributed by atoms with Gasteiger partial charge < -0.3 is 0 Å². The normalized spacial score (nSPS) is 10.5. The molecular formula is C15H17ClN2. The predicted molar refractivity (Wildman–Crippen MR) is 73.7 cm³/mol. The number of hydrogen-bond donors (Lipinski definition) is 0. The maximum atomic E-state index is 9.42. The topological polar surface area (TPSA) is 47.6 Å². The van der Waals surface area contributed by atoms with Gasteiger partial charge in [-0.15, -0.1) is 0 Å². The second-order valence-electron chi connectivity index (χ2n) is 4.98. The molecule has 0 aliphatic heterocycles. The van der Waals surface area contributed by atoms with Crippen LogP contribution < -0.4 is 0 Å². The third-order valence-corrected chi connectivity index (χ3v) is 3.29. The van der Waals surface area contributed by atoms with E-state index in [0.29, 0.717) is 17.0 Å². The highest BCUT2D eigenvalue weighted by Crippen LogP contribution is 2.35. The summed E-state index contributed by atoms with van der Waals surface area (Å²) in [5.41, 5.74) is 3.38. The molecule has 0 aromatic heterocycles. The zero-order valence-corrected chi connectivity index (χ0v) is 12.0. The molecule has 0 fully saturated rings. The first-order chi connectivity index (χ1) is 8.43. The molecule has 0 radical (unpaired) electrons. The SMILES string of the molecule is CC(C)c1c(Cl)cc(CC#N)c(C(C)C)c1C#N. The number of nitrogens with zero attached hydrogens (tertiary/aromatic N) is 2. The number of rotatable bonds is 3. The lowest BCUT2D eigenvalue weighted by molar-refractivity contribution is 0.816. The Morgan fingerprint density at radius 3 is 2.06 bits per heavy atom. The van der Waals surface area contributed by atoms with Crippen LogP contribution in [-0.4, -0.2) is 0 Å². The molecule has 1 aromatic carbocycles. The summed E-state index contributed by atoms with van der Waals surface area (Å²) in [5.74, 6) is 0.401. The van der Waals surface area contributed by atoms with Gasteiger partial charge in [-0.3, -0.25) is 0 Å². The van der Waals surface area contributed by atoms with Crippen molar-refractivity contribution >= 4 is 11.6 Å². The van der Waals surface area contributed by atoms with E-state index in [0.717, 1.165) is 16.7 Å². The van der Waals surface area contributed by atoms with Gasteiger partial charge in [0.1, 0.15) is 0 Å². The van der Waals surface area contributed by atoms with E-state index >= 15 is 0 Å². The predicted octanol–water partition coefficient (Wildman–Crippen LogP) is 4.52. The molecule has 1 aromatic rings. The highest BCUT2D eigenvalue weighted by Gasteiger charge is 2.20. The van der Waals surface area contributed by atoms with E-state index in [9.17, 15) is 5.26 Å². The Morgan fingerprint density at radius 1 is 1.11 bits per heavy atom. The van der Waals surface area contributed by atoms with Gasteiger partial charge in [-0.05, 0) is 34.6 Å². The molecule has 2 nitrogen and oxygen atoms in total. The Kier molecular flexibility index (Phi) is 4.76. The Morgan fingerprint density at radius 2 is 1.67 bits per heavy atom. The van der Waals surface area contributed by atoms with Gasteiger partial charge in [0.2, 0.25) is 0 Å². The van der Waals surface area contributed by atoms with Gasteiger partial charge in [0.05, 0.1) is 24.1 Å². The Bertz CT molecular complexity index is 531. The smallest absolute Gasteiger partial charge is 0.0998 e. The lowest BCUT2D eigenvalue weighted by Crippen LogP contribution is -2.06. The Balaban J connectivity index is 3.68. The van der Waals surface area contributed by atoms with Crippen molar-refractivity contribution < 1.29 is 0 Å². The van der Waals surface area contributed by atoms with Gasteiger partial charge in [0.25, 0.3) is 0 Å². The van der Waals surface area contributed by atoms with Gasteiger partial charge >= 0.3 is 0 Å². The third-order valence-electron chi connectivity index (χ3n) is 2.98. The standard InChI is InChI=1S/C15H17ClN2/c1-9(2)14-11(5-6-17)7-13(16)15(10(3)4)12(14)8-18/h7,9-10H,5H2,1-4H3. The zero-order valence-electron chi connectivity index (χ0n) is 11.2. The van der Waals surface area contributed by atoms with Crippen LogP contribution in [0.1, 0.15) is 61.8 Å². The minimum absolute atomic E-state index is 0.195. The molecule has 0 bridgehead atoms. The first-order valence-electron chi connectivity index (χ1n) is 6.06. The minimum Gasteiger partial charge on any atom is -0.198 e. The van der Waals surface area contributed by atoms with Crippen molar-refractivity contribution in [1.82, 2.24) is 0 Å². The molecule has 0 aliphatic rings. The fourth-order valence-corrected chi connectivity index (χ4v) is 2.75. The molecule has 3 heteroatoms. The van der Waals surface area contributed by atoms with Gasteiger partial charge in [-0.2, -0.15) is 10.5 Å². The monoisotopic (exact) mass is 260 g/mol. The fourth-order valence-electron chi connectivity index (χ4n) is 2.31. The van der Waals surface area contributed by atoms with Crippen LogP contribution in [0.2, 0.25) is 5.02 Å². The number of benzene rings is 1. The average molecular weight is 261 g/mol. The molecule has 0 spiro atoms. The lowest BCUT2D eigenvalue weighted by atomic mass is 9.85. The number of nitriles is 2. The molecule has 0 saturated heterocycles. The molecule has 0 atom stereocenters. The van der Waals surface area contributed by atoms with Crippen LogP contribution in [0, 0.1) is 22.7 Å². The van der Waals surface area contributed by atoms with E-state index in [-0.39, 0.29) is 11.8 Å². The molecule has 0 saturated carbocycles. The van der Waals surface area contributed by atoms with E-state index in [1.54, 1.807) is 0 Å². The molecule has 0 amide bonds. The average Bonchev–Trinajstić information content (AvgIpc) is 2.27. The van der Waals surface area contributed by atoms with Gasteiger partial charge in [-0.1, -0.05) is 39.3 Å². The molecule has 18 heavy (non-hydrogen) atoms. The van der Waals surface area contributed by atoms with E-state index in [4.69, 9.17) is 16.9 Å². The maximum Gasteiger partial charge on any atom is 0.0998 e. The van der Waals surface area contributed by atoms with Gasteiger partial charge in [0.15, 0.2) is 0 Å². The van der Waals surface area contributed by atoms with Crippen molar-refractivity contribution in [2.24, 2.45) is 0 Å². The maximum absolute atomic E-state index is 9.42. The van der Waals surface area contributed by atoms with Crippen molar-refractivity contribution in [3.05, 3.63) is 33.3 Å². The first kappa shape index (κ1) is 14.6. The highest BCUT2D eigenvalue weighted by atomic mass is 35.5. The van der Waals surface area contributed by atoms with Crippen LogP contribution in [0.3, 0.4) is 0 Å². The van der Waals surface area contributed by atoms with Crippen LogP contribution in [0.4, 0.5) is 0 Å². The van der Waals surface area contributed by atoms with Crippen LogP contribution in [0.15, 0.2) is 6.07 Å². The highest BCUT2D eigenvalue weighted by molar-refractivity contribution is 6.31. The van der Waals surface area contributed by atoms with Gasteiger partial charge in [0, 0.05) is 5.02 Å². The van der Waals surface area contributed by atoms with Crippen molar-refractivity contribution in [2.45, 2.75) is 46.0 Å². The van der Waals surface area contributed by atoms with Crippen LogP contribution in [0.25, 0.3) is 0 Å². The zero-order chi connectivity index (χ0) is 13.9. The summed E-state index contributed by atoms with van der Waals surface area (Å²) in [4.78, 5) is 0. The second kappa shape index (κ2) is 5.89. The quantitative estimate of drug-likeness (QED) is 0.802. The Hall–Kier alpha value is -1.51. The largest absolute Gasteiger partial charge is 0.198 e. The molecule has 1 rings (SSSR count). The second-order valence-corrected chi connectivity index (χ2v) is 5.38. The summed E-state index contributed by atoms with van der Waals surface area (Å²) in [5, 5.41) is 18.9. The molecule has 0 heterocycles. The van der Waals surface area contributed by atoms with Crippen LogP contribution >= 0.6 is 11.6 Å². The van der Waals surface area contributed by atoms with Crippen molar-refractivity contribution in [3.8, 4) is 12.1 Å². The van der Waals surface area contributed by atoms with Gasteiger partial charge in [-0.25, -0.2) is 0 Å². The summed E-state index contributed by atoms with van der Waals surface area (Å²) in [6.07, 6.45) is 0.292. The molecule has 0 N–H and O–H groups in total. The first-order valence-corrected chi connectivity index (χ1v) is 6.44. The van der Waals surface area contributed by atoms with E-state index in [2.05, 4.69) is 12.1 Å². The summed E-state index contributed by atoms with van der Waals surface area (Å²) < 4.78 is 0. The van der Waals surface area contributed by atoms with E-state index in [1.807, 2.05) is 33.8 Å². The van der Waals surface area contributed by atoms with Crippen LogP contribution in [-0.2, 0) is 6.42 Å². The summed E-state index contributed by atoms with van der Waals surface area (Å²) in [6.45, 7) is 8.12. The summed E-state index contributed by atoms with van der Waals surface area (Å²) in [6, 6.07) is 6.25. The van der Waals surface area contributed by atoms with E-state index < -0.39 is 0 Å². The van der Waals surface area contributed by atoms with Crippen molar-refractivity contribution in [1.29, 1.82) is 10.5 Å².